The van der Waals surface area contributed by atoms with Gasteiger partial charge in [0.15, 0.2) is 4.75 Å². The van der Waals surface area contributed by atoms with Crippen LogP contribution < -0.4 is 5.26 Å². The number of hydrogen-bond donors (Lipinski definition) is 2. The Balaban J connectivity index is -0.0000000275. The highest BCUT2D eigenvalue weighted by Gasteiger charge is 1.27. The molecule has 0 radical (unpaired) electrons. The Morgan fingerprint density at radius 1 is 1.50 bits per heavy atom. The third-order valence-corrected chi connectivity index (χ3v) is 0. The van der Waals surface area contributed by atoms with Crippen molar-refractivity contribution >= 4 is 12.4 Å². The molecule has 0 aliphatic heterocycles. The predicted molar refractivity (Wildman–Crippen MR) is 19.2 cm³/mol. The van der Waals surface area contributed by atoms with E-state index in [2.05, 4.69) is 0 Å². The van der Waals surface area contributed by atoms with Gasteiger partial charge in [-0.15, -0.1) is 12.4 Å². The lowest BCUT2D eigenvalue weighted by Crippen LogP contribution is -1.82. The van der Waals surface area contributed by atoms with Crippen LogP contribution in [0.15, 0.2) is 0 Å². The Hall–Kier alpha value is -0.390. The van der Waals surface area contributed by atoms with Crippen LogP contribution >= 0.6 is 12.4 Å². The molecule has 0 atom stereocenters. The van der Waals surface area contributed by atoms with E-state index < -0.39 is 0 Å². The zero-order chi connectivity index (χ0) is 4.71. The van der Waals surface area contributed by atoms with E-state index in [9.17, 15) is 0 Å². The second-order valence-electron chi connectivity index (χ2n) is 0.0680. The second-order valence-corrected chi connectivity index (χ2v) is 0.0680. The molecule has 0 bridgehead atoms. The Morgan fingerprint density at radius 2 is 1.50 bits per heavy atom. The molecule has 0 amide bonds. The molecular formula is H3ClO5. The highest BCUT2D eigenvalue weighted by atomic mass is 35.5. The number of halogens is 1. The van der Waals surface area contributed by atoms with Crippen LogP contribution in [0.3, 0.4) is 0 Å². The van der Waals surface area contributed by atoms with Gasteiger partial charge in [0.05, 0.1) is 0 Å². The van der Waals surface area contributed by atoms with E-state index in [4.69, 9.17) is 20.7 Å². The molecule has 0 aromatic heterocycles. The molecule has 0 rings (SSSR count). The van der Waals surface area contributed by atoms with Gasteiger partial charge in [-0.2, -0.15) is 0 Å². The van der Waals surface area contributed by atoms with Crippen LogP contribution in [-0.4, -0.2) is 10.5 Å². The van der Waals surface area contributed by atoms with Gasteiger partial charge in [0.25, 0.3) is 0 Å². The van der Waals surface area contributed by atoms with Crippen molar-refractivity contribution in [2.24, 2.45) is 0 Å². The Labute approximate surface area is 39.0 Å². The minimum absolute atomic E-state index is 0. The van der Waals surface area contributed by atoms with Crippen molar-refractivity contribution in [1.29, 1.82) is 0 Å². The highest BCUT2D eigenvalue weighted by molar-refractivity contribution is 5.85. The van der Waals surface area contributed by atoms with Gasteiger partial charge in [-0.05, 0) is 0 Å². The fraction of sp³-hybridized carbons (Fsp3) is 0. The smallest absolute Gasteiger partial charge is 0.154 e. The Morgan fingerprint density at radius 3 is 1.50 bits per heavy atom. The quantitative estimate of drug-likeness (QED) is 0.250. The van der Waals surface area contributed by atoms with Gasteiger partial charge in [-0.1, -0.05) is 10.2 Å². The van der Waals surface area contributed by atoms with Gasteiger partial charge in [0.1, 0.15) is 0 Å². The van der Waals surface area contributed by atoms with Crippen molar-refractivity contribution in [2.75, 3.05) is 0 Å². The molecule has 0 saturated carbocycles. The molecule has 0 aliphatic rings. The summed E-state index contributed by atoms with van der Waals surface area (Å²) >= 11 is 0. The highest BCUT2D eigenvalue weighted by Crippen LogP contribution is 1.00. The van der Waals surface area contributed by atoms with Crippen molar-refractivity contribution in [2.45, 2.75) is 0 Å². The van der Waals surface area contributed by atoms with Gasteiger partial charge in [-0.3, -0.25) is 10.5 Å². The van der Waals surface area contributed by atoms with Crippen LogP contribution in [-0.2, 0) is 0 Å². The van der Waals surface area contributed by atoms with Crippen molar-refractivity contribution in [3.63, 3.8) is 0 Å². The summed E-state index contributed by atoms with van der Waals surface area (Å²) in [6.45, 7) is 0. The van der Waals surface area contributed by atoms with E-state index in [0.29, 0.717) is 0 Å². The Kier molecular flexibility index (Phi) is 471. The lowest BCUT2D eigenvalue weighted by atomic mass is 14.8. The molecule has 0 aromatic carbocycles. The molecule has 0 saturated heterocycles. The summed E-state index contributed by atoms with van der Waals surface area (Å²) in [7, 11) is 0. The molecule has 0 spiro atoms. The van der Waals surface area contributed by atoms with E-state index in [-0.39, 0.29) is 12.4 Å². The molecule has 0 heterocycles. The van der Waals surface area contributed by atoms with Gasteiger partial charge < -0.3 is 0 Å². The zero-order valence-corrected chi connectivity index (χ0v) is 3.34. The topological polar surface area (TPSA) is 91.9 Å². The van der Waals surface area contributed by atoms with Crippen molar-refractivity contribution < 1.29 is 15.8 Å². The van der Waals surface area contributed by atoms with E-state index in [0.717, 1.165) is 0 Å². The second kappa shape index (κ2) is 161. The van der Waals surface area contributed by atoms with Crippen LogP contribution in [0.25, 0.3) is 0 Å². The average Bonchev–Trinajstić information content (AvgIpc) is 1.46. The maximum Gasteiger partial charge on any atom is 0.154 e. The summed E-state index contributed by atoms with van der Waals surface area (Å²) in [5.74, 6) is 0. The fourth-order valence-corrected chi connectivity index (χ4v) is 0. The summed E-state index contributed by atoms with van der Waals surface area (Å²) in [6, 6.07) is 0. The van der Waals surface area contributed by atoms with Crippen LogP contribution in [0.5, 0.6) is 0 Å². The predicted octanol–water partition coefficient (Wildman–Crippen LogP) is -0.683. The van der Waals surface area contributed by atoms with E-state index in [1.807, 2.05) is 0 Å². The maximum absolute atomic E-state index is 7.88. The molecular weight excluding hydrogens is 115 g/mol. The SMILES string of the molecule is Cl.O=[O+][O-].OO. The van der Waals surface area contributed by atoms with E-state index >= 15 is 0 Å². The monoisotopic (exact) mass is 118 g/mol. The maximum atomic E-state index is 7.88. The molecule has 6 heavy (non-hydrogen) atoms. The third kappa shape index (κ3) is 162. The summed E-state index contributed by atoms with van der Waals surface area (Å²) in [5.41, 5.74) is 0. The lowest BCUT2D eigenvalue weighted by Gasteiger charge is -1.25. The number of rotatable bonds is 0. The van der Waals surface area contributed by atoms with Crippen molar-refractivity contribution in [3.8, 4) is 0 Å². The largest absolute Gasteiger partial charge is 0.255 e. The fourth-order valence-electron chi connectivity index (χ4n) is 0. The molecule has 2 N–H and O–H groups in total. The van der Waals surface area contributed by atoms with Gasteiger partial charge in [0, 0.05) is 0 Å². The molecule has 0 aromatic rings. The minimum Gasteiger partial charge on any atom is -0.255 e. The van der Waals surface area contributed by atoms with Gasteiger partial charge in [0.2, 0.25) is 0 Å². The molecule has 0 fully saturated rings. The summed E-state index contributed by atoms with van der Waals surface area (Å²) in [5, 5.41) is 19.9. The van der Waals surface area contributed by atoms with Gasteiger partial charge in [-0.25, -0.2) is 0 Å². The first-order valence-corrected chi connectivity index (χ1v) is 0.533. The first-order valence-electron chi connectivity index (χ1n) is 0.533. The molecule has 5 nitrogen and oxygen atoms in total. The first kappa shape index (κ1) is 17.5. The zero-order valence-electron chi connectivity index (χ0n) is 2.53. The molecule has 0 aliphatic carbocycles. The van der Waals surface area contributed by atoms with Crippen molar-refractivity contribution in [3.05, 3.63) is 9.71 Å². The normalized spacial score (nSPS) is 3.00. The lowest BCUT2D eigenvalue weighted by molar-refractivity contribution is -0.284. The number of hydrogen-bond acceptors (Lipinski definition) is 4. The standard InChI is InChI=1S/ClH.O3.H2O2/c;1-3-2;1-2/h1H;;1-2H. The molecule has 0 unspecified atom stereocenters. The van der Waals surface area contributed by atoms with Crippen LogP contribution in [0.2, 0.25) is 0 Å². The van der Waals surface area contributed by atoms with Crippen LogP contribution in [0.1, 0.15) is 0 Å². The summed E-state index contributed by atoms with van der Waals surface area (Å²) in [6.07, 6.45) is 0. The van der Waals surface area contributed by atoms with Gasteiger partial charge >= 0.3 is 0 Å². The van der Waals surface area contributed by atoms with Crippen molar-refractivity contribution in [1.82, 2.24) is 0 Å². The first-order chi connectivity index (χ1) is 2.41. The van der Waals surface area contributed by atoms with Crippen LogP contribution in [0, 0.1) is 9.71 Å². The minimum atomic E-state index is 0. The van der Waals surface area contributed by atoms with E-state index in [1.54, 1.807) is 4.75 Å². The molecule has 40 valence electrons. The average molecular weight is 118 g/mol. The summed E-state index contributed by atoms with van der Waals surface area (Å²) in [4.78, 5) is 7.88. The van der Waals surface area contributed by atoms with E-state index in [1.165, 1.54) is 0 Å². The molecule has 6 heteroatoms. The van der Waals surface area contributed by atoms with Crippen LogP contribution in [0.4, 0.5) is 0 Å². The third-order valence-electron chi connectivity index (χ3n) is 0. The summed E-state index contributed by atoms with van der Waals surface area (Å²) < 4.78 is 1.75. The Bertz CT molecular complexity index is 11.4.